The Balaban J connectivity index is 1.47. The number of benzene rings is 4. The molecule has 8 heteroatoms. The number of methoxy groups -OCH3 is 3. The van der Waals surface area contributed by atoms with Crippen molar-refractivity contribution < 1.29 is 18.6 Å². The summed E-state index contributed by atoms with van der Waals surface area (Å²) in [6.07, 6.45) is 2.00. The number of hydrogen-bond donors (Lipinski definition) is 0. The van der Waals surface area contributed by atoms with E-state index in [1.54, 1.807) is 33.5 Å². The Labute approximate surface area is 265 Å². The van der Waals surface area contributed by atoms with Crippen LogP contribution in [-0.2, 0) is 0 Å². The summed E-state index contributed by atoms with van der Waals surface area (Å²) < 4.78 is 23.9. The minimum Gasteiger partial charge on any atom is -0.497 e. The number of aromatic nitrogens is 3. The average molecular weight is 608 g/mol. The van der Waals surface area contributed by atoms with Gasteiger partial charge in [-0.3, -0.25) is 0 Å². The number of nitrogens with zero attached hydrogens (tertiary/aromatic N) is 3. The molecule has 0 fully saturated rings. The van der Waals surface area contributed by atoms with Gasteiger partial charge in [0.2, 0.25) is 0 Å². The largest absolute Gasteiger partial charge is 0.497 e. The molecule has 0 atom stereocenters. The summed E-state index contributed by atoms with van der Waals surface area (Å²) in [5.74, 6) is 1.97. The van der Waals surface area contributed by atoms with Crippen molar-refractivity contribution in [1.29, 1.82) is 0 Å². The second-order valence-corrected chi connectivity index (χ2v) is 10.6. The van der Waals surface area contributed by atoms with E-state index in [4.69, 9.17) is 28.7 Å². The quantitative estimate of drug-likeness (QED) is 0.161. The Morgan fingerprint density at radius 2 is 1.30 bits per heavy atom. The van der Waals surface area contributed by atoms with Crippen LogP contribution >= 0.6 is 0 Å². The van der Waals surface area contributed by atoms with Gasteiger partial charge in [0.25, 0.3) is 0 Å². The average Bonchev–Trinajstić information content (AvgIpc) is 3.57. The first-order valence-electron chi connectivity index (χ1n) is 14.6. The molecule has 7 rings (SSSR count). The van der Waals surface area contributed by atoms with Gasteiger partial charge in [0.1, 0.15) is 17.2 Å². The first-order valence-corrected chi connectivity index (χ1v) is 14.6. The lowest BCUT2D eigenvalue weighted by atomic mass is 9.98. The van der Waals surface area contributed by atoms with Gasteiger partial charge >= 0.3 is 5.63 Å². The zero-order chi connectivity index (χ0) is 31.6. The summed E-state index contributed by atoms with van der Waals surface area (Å²) in [5, 5.41) is 5.76. The van der Waals surface area contributed by atoms with Crippen molar-refractivity contribution in [2.75, 3.05) is 21.3 Å². The fourth-order valence-electron chi connectivity index (χ4n) is 5.45. The highest BCUT2D eigenvalue weighted by atomic mass is 16.5. The van der Waals surface area contributed by atoms with E-state index in [1.165, 1.54) is 0 Å². The molecule has 0 saturated heterocycles. The van der Waals surface area contributed by atoms with Gasteiger partial charge in [-0.2, -0.15) is 5.10 Å². The molecule has 4 aromatic carbocycles. The van der Waals surface area contributed by atoms with Gasteiger partial charge in [-0.05, 0) is 90.5 Å². The first kappa shape index (κ1) is 28.6. The summed E-state index contributed by atoms with van der Waals surface area (Å²) in [7, 11) is 4.82. The predicted octanol–water partition coefficient (Wildman–Crippen LogP) is 8.07. The molecule has 3 heterocycles. The van der Waals surface area contributed by atoms with Crippen LogP contribution in [0, 0.1) is 0 Å². The summed E-state index contributed by atoms with van der Waals surface area (Å²) in [6, 6.07) is 36.6. The zero-order valence-electron chi connectivity index (χ0n) is 25.4. The van der Waals surface area contributed by atoms with Crippen molar-refractivity contribution in [3.63, 3.8) is 0 Å². The minimum absolute atomic E-state index is 0.332. The van der Waals surface area contributed by atoms with Gasteiger partial charge < -0.3 is 18.6 Å². The maximum atomic E-state index is 13.5. The van der Waals surface area contributed by atoms with Crippen LogP contribution in [0.5, 0.6) is 17.2 Å². The van der Waals surface area contributed by atoms with Crippen molar-refractivity contribution in [2.24, 2.45) is 0 Å². The van der Waals surface area contributed by atoms with Gasteiger partial charge in [0.15, 0.2) is 11.3 Å². The van der Waals surface area contributed by atoms with Crippen LogP contribution in [0.3, 0.4) is 0 Å². The Morgan fingerprint density at radius 3 is 1.98 bits per heavy atom. The van der Waals surface area contributed by atoms with Crippen LogP contribution in [-0.4, -0.2) is 36.1 Å². The second-order valence-electron chi connectivity index (χ2n) is 10.6. The fraction of sp³-hybridized carbons (Fsp3) is 0.0789. The van der Waals surface area contributed by atoms with E-state index < -0.39 is 5.63 Å². The zero-order valence-corrected chi connectivity index (χ0v) is 25.4. The van der Waals surface area contributed by atoms with Crippen LogP contribution in [0.15, 0.2) is 131 Å². The molecule has 0 unspecified atom stereocenters. The molecular formula is C38H29N3O5. The van der Waals surface area contributed by atoms with E-state index in [-0.39, 0.29) is 0 Å². The SMILES string of the molecule is COc1ccc(-c2cc(-c3cn(-c4ccccc4)nc3-c3ccc(OC)cc3)cc(-c3cc4cccc(OC)c4oc3=O)n2)cc1. The fourth-order valence-corrected chi connectivity index (χ4v) is 5.45. The molecule has 226 valence electrons. The van der Waals surface area contributed by atoms with Gasteiger partial charge in [0, 0.05) is 28.3 Å². The van der Waals surface area contributed by atoms with E-state index in [2.05, 4.69) is 0 Å². The van der Waals surface area contributed by atoms with Crippen molar-refractivity contribution in [3.05, 3.63) is 132 Å². The van der Waals surface area contributed by atoms with E-state index in [9.17, 15) is 4.79 Å². The molecule has 46 heavy (non-hydrogen) atoms. The van der Waals surface area contributed by atoms with Crippen molar-refractivity contribution in [3.8, 4) is 67.8 Å². The molecule has 3 aromatic heterocycles. The minimum atomic E-state index is -0.516. The highest BCUT2D eigenvalue weighted by Gasteiger charge is 2.19. The molecule has 0 spiro atoms. The maximum Gasteiger partial charge on any atom is 0.345 e. The van der Waals surface area contributed by atoms with Gasteiger partial charge in [-0.1, -0.05) is 30.3 Å². The molecule has 0 bridgehead atoms. The van der Waals surface area contributed by atoms with Crippen LogP contribution < -0.4 is 19.8 Å². The molecule has 0 aliphatic heterocycles. The third-order valence-corrected chi connectivity index (χ3v) is 7.84. The van der Waals surface area contributed by atoms with Crippen LogP contribution in [0.2, 0.25) is 0 Å². The third kappa shape index (κ3) is 5.37. The predicted molar refractivity (Wildman–Crippen MR) is 179 cm³/mol. The lowest BCUT2D eigenvalue weighted by molar-refractivity contribution is 0.407. The normalized spacial score (nSPS) is 11.0. The first-order chi connectivity index (χ1) is 22.5. The van der Waals surface area contributed by atoms with Gasteiger partial charge in [-0.25, -0.2) is 14.5 Å². The number of hydrogen-bond acceptors (Lipinski definition) is 7. The van der Waals surface area contributed by atoms with E-state index in [0.717, 1.165) is 50.5 Å². The molecule has 0 radical (unpaired) electrons. The summed E-state index contributed by atoms with van der Waals surface area (Å²) >= 11 is 0. The van der Waals surface area contributed by atoms with Crippen LogP contribution in [0.1, 0.15) is 0 Å². The molecule has 0 aliphatic carbocycles. The summed E-state index contributed by atoms with van der Waals surface area (Å²) in [6.45, 7) is 0. The van der Waals surface area contributed by atoms with Crippen molar-refractivity contribution >= 4 is 11.0 Å². The molecule has 0 amide bonds. The number of rotatable bonds is 8. The molecular weight excluding hydrogens is 578 g/mol. The Kier molecular flexibility index (Phi) is 7.52. The molecule has 0 saturated carbocycles. The second kappa shape index (κ2) is 12.1. The van der Waals surface area contributed by atoms with Crippen LogP contribution in [0.25, 0.3) is 61.6 Å². The number of ether oxygens (including phenoxy) is 3. The summed E-state index contributed by atoms with van der Waals surface area (Å²) in [4.78, 5) is 18.5. The van der Waals surface area contributed by atoms with E-state index in [1.807, 2.05) is 114 Å². The lowest BCUT2D eigenvalue weighted by Crippen LogP contribution is -2.05. The topological polar surface area (TPSA) is 88.6 Å². The molecule has 7 aromatic rings. The van der Waals surface area contributed by atoms with Crippen LogP contribution in [0.4, 0.5) is 0 Å². The lowest BCUT2D eigenvalue weighted by Gasteiger charge is -2.11. The maximum absolute atomic E-state index is 13.5. The van der Waals surface area contributed by atoms with E-state index in [0.29, 0.717) is 28.3 Å². The van der Waals surface area contributed by atoms with Crippen molar-refractivity contribution in [1.82, 2.24) is 14.8 Å². The molecule has 8 nitrogen and oxygen atoms in total. The van der Waals surface area contributed by atoms with E-state index >= 15 is 0 Å². The Morgan fingerprint density at radius 1 is 0.630 bits per heavy atom. The van der Waals surface area contributed by atoms with Gasteiger partial charge in [-0.15, -0.1) is 0 Å². The highest BCUT2D eigenvalue weighted by molar-refractivity contribution is 5.88. The third-order valence-electron chi connectivity index (χ3n) is 7.84. The standard InChI is InChI=1S/C38H29N3O5/c1-43-29-16-12-24(13-17-29)33-21-27(22-34(39-33)31-20-26-8-7-11-35(45-3)37(26)46-38(31)42)32-23-41(28-9-5-4-6-10-28)40-36(32)25-14-18-30(44-2)19-15-25/h4-23H,1-3H3. The highest BCUT2D eigenvalue weighted by Crippen LogP contribution is 2.37. The summed E-state index contributed by atoms with van der Waals surface area (Å²) in [5.41, 5.74) is 6.48. The molecule has 0 N–H and O–H groups in total. The number of fused-ring (bicyclic) bond motifs is 1. The Bertz CT molecular complexity index is 2220. The molecule has 0 aliphatic rings. The smallest absolute Gasteiger partial charge is 0.345 e. The number of pyridine rings is 1. The Hall–Kier alpha value is -6.15. The van der Waals surface area contributed by atoms with Crippen molar-refractivity contribution in [2.45, 2.75) is 0 Å². The number of para-hydroxylation sites is 2. The monoisotopic (exact) mass is 607 g/mol. The van der Waals surface area contributed by atoms with Gasteiger partial charge in [0.05, 0.1) is 44.0 Å².